The van der Waals surface area contributed by atoms with Crippen LogP contribution in [-0.2, 0) is 17.9 Å². The highest BCUT2D eigenvalue weighted by molar-refractivity contribution is 6.34. The second-order valence-corrected chi connectivity index (χ2v) is 10.3. The zero-order valence-electron chi connectivity index (χ0n) is 23.4. The molecular formula is C31H35ClN4O6. The molecule has 11 heteroatoms. The molecule has 0 fully saturated rings. The summed E-state index contributed by atoms with van der Waals surface area (Å²) in [6.45, 7) is 2.26. The topological polar surface area (TPSA) is 123 Å². The van der Waals surface area contributed by atoms with Crippen molar-refractivity contribution in [3.8, 4) is 5.75 Å². The van der Waals surface area contributed by atoms with Crippen LogP contribution in [0.15, 0.2) is 72.8 Å². The predicted molar refractivity (Wildman–Crippen MR) is 159 cm³/mol. The molecule has 0 bridgehead atoms. The third-order valence-electron chi connectivity index (χ3n) is 6.97. The van der Waals surface area contributed by atoms with Crippen LogP contribution in [0.5, 0.6) is 5.75 Å². The summed E-state index contributed by atoms with van der Waals surface area (Å²) in [7, 11) is 0. The van der Waals surface area contributed by atoms with Gasteiger partial charge in [0, 0.05) is 37.9 Å². The number of carbonyl (C=O) groups is 3. The number of urea groups is 1. The number of amides is 4. The average Bonchev–Trinajstić information content (AvgIpc) is 3.15. The zero-order valence-corrected chi connectivity index (χ0v) is 24.2. The van der Waals surface area contributed by atoms with Crippen LogP contribution in [0.25, 0.3) is 0 Å². The summed E-state index contributed by atoms with van der Waals surface area (Å²) in [5.41, 5.74) is 2.62. The average molecular weight is 595 g/mol. The fraction of sp³-hybridized carbons (Fsp3) is 0.323. The van der Waals surface area contributed by atoms with Crippen LogP contribution in [-0.4, -0.2) is 83.4 Å². The minimum Gasteiger partial charge on any atom is -0.491 e. The van der Waals surface area contributed by atoms with Gasteiger partial charge >= 0.3 is 6.03 Å². The lowest BCUT2D eigenvalue weighted by Gasteiger charge is -2.30. The van der Waals surface area contributed by atoms with E-state index >= 15 is 0 Å². The first-order chi connectivity index (χ1) is 20.3. The van der Waals surface area contributed by atoms with E-state index in [-0.39, 0.29) is 68.4 Å². The Morgan fingerprint density at radius 2 is 1.76 bits per heavy atom. The molecule has 1 aliphatic heterocycles. The van der Waals surface area contributed by atoms with Crippen molar-refractivity contribution in [2.24, 2.45) is 0 Å². The minimum absolute atomic E-state index is 0.108. The maximum atomic E-state index is 13.8. The fourth-order valence-electron chi connectivity index (χ4n) is 4.82. The second-order valence-electron chi connectivity index (χ2n) is 9.92. The Bertz CT molecular complexity index is 1390. The summed E-state index contributed by atoms with van der Waals surface area (Å²) in [4.78, 5) is 44.8. The molecule has 42 heavy (non-hydrogen) atoms. The molecule has 1 atom stereocenters. The quantitative estimate of drug-likeness (QED) is 0.331. The summed E-state index contributed by atoms with van der Waals surface area (Å²) in [5, 5.41) is 21.4. The Balaban J connectivity index is 1.48. The van der Waals surface area contributed by atoms with Gasteiger partial charge in [0.25, 0.3) is 5.91 Å². The third kappa shape index (κ3) is 7.58. The number of fused-ring (bicyclic) bond motifs is 1. The van der Waals surface area contributed by atoms with Crippen LogP contribution in [0.1, 0.15) is 28.4 Å². The number of rotatable bonds is 10. The molecule has 0 spiro atoms. The lowest BCUT2D eigenvalue weighted by atomic mass is 10.1. The SMILES string of the molecule is C[C@@H]1CN(C(=O)c2ccc(OCCO)cc2Cl)c2ccccc2CN1C(=O)NCC(=O)N(CCO)Cc1ccccc1. The van der Waals surface area contributed by atoms with E-state index < -0.39 is 12.1 Å². The van der Waals surface area contributed by atoms with Gasteiger partial charge in [-0.05, 0) is 42.3 Å². The Kier molecular flexibility index (Phi) is 10.8. The molecule has 4 rings (SSSR count). The van der Waals surface area contributed by atoms with E-state index in [0.717, 1.165) is 11.1 Å². The van der Waals surface area contributed by atoms with Gasteiger partial charge in [0.2, 0.25) is 5.91 Å². The molecule has 3 aromatic carbocycles. The van der Waals surface area contributed by atoms with E-state index in [1.807, 2.05) is 61.5 Å². The first kappa shape index (κ1) is 30.8. The van der Waals surface area contributed by atoms with Gasteiger partial charge in [0.15, 0.2) is 0 Å². The lowest BCUT2D eigenvalue weighted by Crippen LogP contribution is -2.50. The highest BCUT2D eigenvalue weighted by Crippen LogP contribution is 2.31. The minimum atomic E-state index is -0.438. The van der Waals surface area contributed by atoms with Crippen LogP contribution in [0.3, 0.4) is 0 Å². The molecule has 0 saturated heterocycles. The zero-order chi connectivity index (χ0) is 30.1. The first-order valence-electron chi connectivity index (χ1n) is 13.7. The van der Waals surface area contributed by atoms with Crippen molar-refractivity contribution < 1.29 is 29.3 Å². The number of benzene rings is 3. The Morgan fingerprint density at radius 3 is 2.48 bits per heavy atom. The van der Waals surface area contributed by atoms with Gasteiger partial charge in [-0.15, -0.1) is 0 Å². The van der Waals surface area contributed by atoms with Gasteiger partial charge in [-0.1, -0.05) is 60.1 Å². The maximum Gasteiger partial charge on any atom is 0.318 e. The summed E-state index contributed by atoms with van der Waals surface area (Å²) in [5.74, 6) is -0.207. The van der Waals surface area contributed by atoms with Gasteiger partial charge in [-0.2, -0.15) is 0 Å². The van der Waals surface area contributed by atoms with Crippen LogP contribution in [0.2, 0.25) is 5.02 Å². The number of aliphatic hydroxyl groups is 2. The van der Waals surface area contributed by atoms with Crippen molar-refractivity contribution in [2.45, 2.75) is 26.1 Å². The number of anilines is 1. The Hall–Kier alpha value is -4.12. The van der Waals surface area contributed by atoms with Gasteiger partial charge < -0.3 is 35.0 Å². The van der Waals surface area contributed by atoms with E-state index in [1.54, 1.807) is 21.9 Å². The monoisotopic (exact) mass is 594 g/mol. The van der Waals surface area contributed by atoms with E-state index in [4.69, 9.17) is 21.4 Å². The van der Waals surface area contributed by atoms with Crippen molar-refractivity contribution in [1.29, 1.82) is 0 Å². The van der Waals surface area contributed by atoms with Crippen molar-refractivity contribution in [3.63, 3.8) is 0 Å². The molecular weight excluding hydrogens is 560 g/mol. The van der Waals surface area contributed by atoms with Crippen molar-refractivity contribution in [2.75, 3.05) is 44.4 Å². The van der Waals surface area contributed by atoms with E-state index in [9.17, 15) is 19.5 Å². The highest BCUT2D eigenvalue weighted by Gasteiger charge is 2.32. The van der Waals surface area contributed by atoms with Gasteiger partial charge in [0.05, 0.1) is 30.3 Å². The molecule has 222 valence electrons. The predicted octanol–water partition coefficient (Wildman–Crippen LogP) is 3.29. The molecule has 0 aliphatic carbocycles. The Morgan fingerprint density at radius 1 is 1.02 bits per heavy atom. The summed E-state index contributed by atoms with van der Waals surface area (Å²) in [6.07, 6.45) is 0. The smallest absolute Gasteiger partial charge is 0.318 e. The molecule has 0 radical (unpaired) electrons. The lowest BCUT2D eigenvalue weighted by molar-refractivity contribution is -0.131. The molecule has 3 aromatic rings. The molecule has 0 saturated carbocycles. The van der Waals surface area contributed by atoms with Gasteiger partial charge in [-0.25, -0.2) is 4.79 Å². The number of halogens is 1. The number of nitrogens with one attached hydrogen (secondary N) is 1. The molecule has 4 amide bonds. The van der Waals surface area contributed by atoms with Gasteiger partial charge in [-0.3, -0.25) is 9.59 Å². The molecule has 3 N–H and O–H groups in total. The maximum absolute atomic E-state index is 13.8. The third-order valence-corrected chi connectivity index (χ3v) is 7.28. The van der Waals surface area contributed by atoms with Crippen molar-refractivity contribution in [3.05, 3.63) is 94.5 Å². The largest absolute Gasteiger partial charge is 0.491 e. The fourth-order valence-corrected chi connectivity index (χ4v) is 5.07. The van der Waals surface area contributed by atoms with Crippen LogP contribution < -0.4 is 15.0 Å². The number of nitrogens with zero attached hydrogens (tertiary/aromatic N) is 3. The van der Waals surface area contributed by atoms with E-state index in [2.05, 4.69) is 5.32 Å². The first-order valence-corrected chi connectivity index (χ1v) is 14.1. The number of ether oxygens (including phenoxy) is 1. The number of aliphatic hydroxyl groups excluding tert-OH is 2. The normalized spacial score (nSPS) is 14.5. The Labute approximate surface area is 250 Å². The van der Waals surface area contributed by atoms with Crippen molar-refractivity contribution >= 4 is 35.1 Å². The molecule has 10 nitrogen and oxygen atoms in total. The highest BCUT2D eigenvalue weighted by atomic mass is 35.5. The number of hydrogen-bond acceptors (Lipinski definition) is 6. The second kappa shape index (κ2) is 14.7. The number of hydrogen-bond donors (Lipinski definition) is 3. The van der Waals surface area contributed by atoms with E-state index in [0.29, 0.717) is 18.0 Å². The molecule has 0 unspecified atom stereocenters. The standard InChI is InChI=1S/C31H35ClN4O6/c1-22-19-36(30(40)26-12-11-25(17-27(26)32)42-16-15-38)28-10-6-5-9-24(28)21-35(22)31(41)33-18-29(39)34(13-14-37)20-23-7-3-2-4-8-23/h2-12,17,22,37-38H,13-16,18-21H2,1H3,(H,33,41)/t22-/m1/s1. The van der Waals surface area contributed by atoms with Crippen LogP contribution in [0, 0.1) is 0 Å². The van der Waals surface area contributed by atoms with E-state index in [1.165, 1.54) is 11.0 Å². The van der Waals surface area contributed by atoms with Crippen LogP contribution in [0.4, 0.5) is 10.5 Å². The number of para-hydroxylation sites is 1. The molecule has 1 aliphatic rings. The van der Waals surface area contributed by atoms with Gasteiger partial charge in [0.1, 0.15) is 12.4 Å². The summed E-state index contributed by atoms with van der Waals surface area (Å²) >= 11 is 6.46. The summed E-state index contributed by atoms with van der Waals surface area (Å²) in [6, 6.07) is 20.7. The van der Waals surface area contributed by atoms with Crippen LogP contribution >= 0.6 is 11.6 Å². The molecule has 1 heterocycles. The summed E-state index contributed by atoms with van der Waals surface area (Å²) < 4.78 is 5.40. The number of carbonyl (C=O) groups excluding carboxylic acids is 3. The van der Waals surface area contributed by atoms with Crippen molar-refractivity contribution in [1.82, 2.24) is 15.1 Å². The molecule has 0 aromatic heterocycles.